The van der Waals surface area contributed by atoms with E-state index in [9.17, 15) is 4.79 Å². The number of amides is 1. The first-order valence-electron chi connectivity index (χ1n) is 4.00. The van der Waals surface area contributed by atoms with Crippen molar-refractivity contribution in [2.45, 2.75) is 33.3 Å². The molecule has 0 aliphatic carbocycles. The van der Waals surface area contributed by atoms with Crippen LogP contribution in [0, 0.1) is 0 Å². The van der Waals surface area contributed by atoms with Crippen molar-refractivity contribution in [1.29, 1.82) is 0 Å². The van der Waals surface area contributed by atoms with Crippen molar-refractivity contribution in [3.05, 3.63) is 0 Å². The van der Waals surface area contributed by atoms with Gasteiger partial charge >= 0.3 is 6.09 Å². The van der Waals surface area contributed by atoms with Crippen LogP contribution in [0.3, 0.4) is 0 Å². The van der Waals surface area contributed by atoms with Gasteiger partial charge in [0.25, 0.3) is 0 Å². The maximum atomic E-state index is 11.2. The Bertz CT molecular complexity index is 214. The average Bonchev–Trinajstić information content (AvgIpc) is 1.81. The lowest BCUT2D eigenvalue weighted by molar-refractivity contribution is 0.0302. The van der Waals surface area contributed by atoms with Crippen molar-refractivity contribution in [3.63, 3.8) is 0 Å². The molecule has 0 atom stereocenters. The maximum Gasteiger partial charge on any atom is 0.430 e. The van der Waals surface area contributed by atoms with Crippen LogP contribution < -0.4 is 5.73 Å². The topological polar surface area (TPSA) is 67.9 Å². The second-order valence-electron chi connectivity index (χ2n) is 3.75. The van der Waals surface area contributed by atoms with Gasteiger partial charge in [-0.05, 0) is 27.7 Å². The fourth-order valence-electron chi connectivity index (χ4n) is 0.605. The molecule has 5 heteroatoms. The fraction of sp³-hybridized carbons (Fsp3) is 0.750. The van der Waals surface area contributed by atoms with Crippen LogP contribution in [0.1, 0.15) is 27.7 Å². The number of carbonyl (C=O) groups excluding carboxylic acids is 1. The summed E-state index contributed by atoms with van der Waals surface area (Å²) in [5.41, 5.74) is 4.78. The predicted octanol–water partition coefficient (Wildman–Crippen LogP) is 1.15. The molecule has 0 saturated carbocycles. The van der Waals surface area contributed by atoms with Gasteiger partial charge in [0.1, 0.15) is 11.4 Å². The Morgan fingerprint density at radius 3 is 2.23 bits per heavy atom. The molecular formula is C8H17N3O2. The molecule has 76 valence electrons. The van der Waals surface area contributed by atoms with Crippen molar-refractivity contribution in [1.82, 2.24) is 5.01 Å². The Labute approximate surface area is 78.5 Å². The summed E-state index contributed by atoms with van der Waals surface area (Å²) in [7, 11) is 1.49. The molecule has 0 aliphatic heterocycles. The highest BCUT2D eigenvalue weighted by Crippen LogP contribution is 2.08. The van der Waals surface area contributed by atoms with Crippen LogP contribution in [0.4, 0.5) is 4.79 Å². The van der Waals surface area contributed by atoms with E-state index in [2.05, 4.69) is 5.10 Å². The zero-order valence-electron chi connectivity index (χ0n) is 8.79. The molecule has 0 unspecified atom stereocenters. The monoisotopic (exact) mass is 187 g/mol. The Hall–Kier alpha value is -1.26. The predicted molar refractivity (Wildman–Crippen MR) is 51.3 cm³/mol. The molecule has 1 amide bonds. The molecule has 0 radical (unpaired) electrons. The number of ether oxygens (including phenoxy) is 1. The van der Waals surface area contributed by atoms with E-state index in [1.165, 1.54) is 7.05 Å². The van der Waals surface area contributed by atoms with E-state index in [0.717, 1.165) is 5.01 Å². The molecule has 0 aromatic carbocycles. The van der Waals surface area contributed by atoms with E-state index in [0.29, 0.717) is 5.84 Å². The summed E-state index contributed by atoms with van der Waals surface area (Å²) in [5, 5.41) is 4.78. The molecule has 2 N–H and O–H groups in total. The van der Waals surface area contributed by atoms with Gasteiger partial charge in [-0.3, -0.25) is 0 Å². The standard InChI is InChI=1S/C8H17N3O2/c1-6(9)10-11(5)7(12)13-8(2,3)4/h1-5H3,(H2,9,10). The number of rotatable bonds is 1. The van der Waals surface area contributed by atoms with Crippen LogP contribution >= 0.6 is 0 Å². The number of nitrogens with zero attached hydrogens (tertiary/aromatic N) is 2. The quantitative estimate of drug-likeness (QED) is 0.380. The summed E-state index contributed by atoms with van der Waals surface area (Å²) in [5.74, 6) is 0.313. The van der Waals surface area contributed by atoms with Gasteiger partial charge < -0.3 is 10.5 Å². The average molecular weight is 187 g/mol. The Morgan fingerprint density at radius 1 is 1.46 bits per heavy atom. The number of hydrazone groups is 1. The third-order valence-corrected chi connectivity index (χ3v) is 0.965. The summed E-state index contributed by atoms with van der Waals surface area (Å²) < 4.78 is 5.02. The van der Waals surface area contributed by atoms with E-state index in [1.807, 2.05) is 0 Å². The molecule has 0 rings (SSSR count). The van der Waals surface area contributed by atoms with Gasteiger partial charge in [0, 0.05) is 7.05 Å². The van der Waals surface area contributed by atoms with E-state index < -0.39 is 11.7 Å². The number of carbonyl (C=O) groups is 1. The van der Waals surface area contributed by atoms with Crippen LogP contribution in [0.15, 0.2) is 5.10 Å². The van der Waals surface area contributed by atoms with Crippen LogP contribution in [0.5, 0.6) is 0 Å². The molecule has 0 saturated heterocycles. The van der Waals surface area contributed by atoms with Gasteiger partial charge in [-0.25, -0.2) is 4.79 Å². The van der Waals surface area contributed by atoms with Crippen molar-refractivity contribution < 1.29 is 9.53 Å². The number of amidine groups is 1. The minimum absolute atomic E-state index is 0.313. The Morgan fingerprint density at radius 2 is 1.92 bits per heavy atom. The Kier molecular flexibility index (Phi) is 3.71. The molecular weight excluding hydrogens is 170 g/mol. The number of hydrogen-bond acceptors (Lipinski definition) is 3. The third-order valence-electron chi connectivity index (χ3n) is 0.965. The van der Waals surface area contributed by atoms with Crippen LogP contribution in [0.25, 0.3) is 0 Å². The highest BCUT2D eigenvalue weighted by molar-refractivity contribution is 5.79. The second-order valence-corrected chi connectivity index (χ2v) is 3.75. The lowest BCUT2D eigenvalue weighted by atomic mass is 10.2. The molecule has 0 bridgehead atoms. The lowest BCUT2D eigenvalue weighted by Crippen LogP contribution is -2.32. The van der Waals surface area contributed by atoms with Crippen LogP contribution in [0.2, 0.25) is 0 Å². The Balaban J connectivity index is 4.21. The van der Waals surface area contributed by atoms with E-state index in [4.69, 9.17) is 10.5 Å². The summed E-state index contributed by atoms with van der Waals surface area (Å²) in [6.07, 6.45) is -0.516. The largest absolute Gasteiger partial charge is 0.442 e. The highest BCUT2D eigenvalue weighted by Gasteiger charge is 2.19. The van der Waals surface area contributed by atoms with Gasteiger partial charge in [0.05, 0.1) is 0 Å². The normalized spacial score (nSPS) is 12.5. The van der Waals surface area contributed by atoms with Crippen molar-refractivity contribution in [2.75, 3.05) is 7.05 Å². The highest BCUT2D eigenvalue weighted by atomic mass is 16.6. The van der Waals surface area contributed by atoms with E-state index in [-0.39, 0.29) is 0 Å². The molecule has 0 heterocycles. The SMILES string of the molecule is CC(N)=NN(C)C(=O)OC(C)(C)C. The summed E-state index contributed by atoms with van der Waals surface area (Å²) in [6.45, 7) is 6.97. The minimum Gasteiger partial charge on any atom is -0.442 e. The fourth-order valence-corrected chi connectivity index (χ4v) is 0.605. The van der Waals surface area contributed by atoms with Crippen LogP contribution in [-0.2, 0) is 4.74 Å². The van der Waals surface area contributed by atoms with Crippen molar-refractivity contribution in [2.24, 2.45) is 10.8 Å². The summed E-state index contributed by atoms with van der Waals surface area (Å²) in [4.78, 5) is 11.2. The third kappa shape index (κ3) is 5.95. The van der Waals surface area contributed by atoms with Crippen molar-refractivity contribution >= 4 is 11.9 Å². The molecule has 0 aromatic heterocycles. The zero-order valence-corrected chi connectivity index (χ0v) is 8.79. The first kappa shape index (κ1) is 11.7. The number of nitrogens with two attached hydrogens (primary N) is 1. The summed E-state index contributed by atoms with van der Waals surface area (Å²) in [6, 6.07) is 0. The number of hydrogen-bond donors (Lipinski definition) is 1. The van der Waals surface area contributed by atoms with Gasteiger partial charge in [0.15, 0.2) is 0 Å². The van der Waals surface area contributed by atoms with E-state index >= 15 is 0 Å². The molecule has 0 aliphatic rings. The van der Waals surface area contributed by atoms with Gasteiger partial charge in [0.2, 0.25) is 0 Å². The van der Waals surface area contributed by atoms with Crippen LogP contribution in [-0.4, -0.2) is 29.6 Å². The molecule has 0 aromatic rings. The van der Waals surface area contributed by atoms with Crippen molar-refractivity contribution in [3.8, 4) is 0 Å². The lowest BCUT2D eigenvalue weighted by Gasteiger charge is -2.22. The first-order chi connectivity index (χ1) is 5.72. The van der Waals surface area contributed by atoms with Gasteiger partial charge in [-0.15, -0.1) is 0 Å². The minimum atomic E-state index is -0.516. The smallest absolute Gasteiger partial charge is 0.430 e. The van der Waals surface area contributed by atoms with Gasteiger partial charge in [-0.1, -0.05) is 0 Å². The molecule has 13 heavy (non-hydrogen) atoms. The second kappa shape index (κ2) is 4.11. The molecule has 0 fully saturated rings. The summed E-state index contributed by atoms with van der Waals surface area (Å²) >= 11 is 0. The van der Waals surface area contributed by atoms with E-state index in [1.54, 1.807) is 27.7 Å². The molecule has 0 spiro atoms. The maximum absolute atomic E-state index is 11.2. The molecule has 5 nitrogen and oxygen atoms in total. The zero-order chi connectivity index (χ0) is 10.6. The first-order valence-corrected chi connectivity index (χ1v) is 4.00. The van der Waals surface area contributed by atoms with Gasteiger partial charge in [-0.2, -0.15) is 10.1 Å².